The van der Waals surface area contributed by atoms with E-state index in [-0.39, 0.29) is 18.2 Å². The predicted octanol–water partition coefficient (Wildman–Crippen LogP) is 4.21. The molecule has 1 unspecified atom stereocenters. The second-order valence-corrected chi connectivity index (χ2v) is 9.60. The van der Waals surface area contributed by atoms with Crippen LogP contribution in [0.2, 0.25) is 0 Å². The number of anilines is 2. The van der Waals surface area contributed by atoms with Gasteiger partial charge in [-0.1, -0.05) is 24.1 Å². The summed E-state index contributed by atoms with van der Waals surface area (Å²) in [5.74, 6) is 0.345. The van der Waals surface area contributed by atoms with Crippen LogP contribution in [0.25, 0.3) is 0 Å². The standard InChI is InChI=1S/C27H34N4O3S/c1-20-7-11-22(12-8-20)31-26(33)24(19-25(32)28-21-9-13-23(34-2)14-10-21)30(27(31)35)18-6-17-29-15-4-3-5-16-29/h7-14,24H,3-6,15-19H2,1-2H3,(H,28,32). The van der Waals surface area contributed by atoms with Crippen molar-refractivity contribution in [1.29, 1.82) is 0 Å². The van der Waals surface area contributed by atoms with Gasteiger partial charge in [-0.2, -0.15) is 0 Å². The number of carbonyl (C=O) groups is 2. The number of amides is 2. The van der Waals surface area contributed by atoms with E-state index >= 15 is 0 Å². The van der Waals surface area contributed by atoms with Gasteiger partial charge in [0.25, 0.3) is 5.91 Å². The van der Waals surface area contributed by atoms with Crippen molar-refractivity contribution in [3.05, 3.63) is 54.1 Å². The molecule has 0 aromatic heterocycles. The van der Waals surface area contributed by atoms with Crippen LogP contribution < -0.4 is 15.0 Å². The van der Waals surface area contributed by atoms with Crippen molar-refractivity contribution >= 4 is 40.5 Å². The molecular formula is C27H34N4O3S. The van der Waals surface area contributed by atoms with E-state index in [1.807, 2.05) is 36.1 Å². The molecule has 0 spiro atoms. The average Bonchev–Trinajstić information content (AvgIpc) is 3.09. The fraction of sp³-hybridized carbons (Fsp3) is 0.444. The summed E-state index contributed by atoms with van der Waals surface area (Å²) in [5, 5.41) is 3.37. The highest BCUT2D eigenvalue weighted by Gasteiger charge is 2.43. The number of nitrogens with one attached hydrogen (secondary N) is 1. The van der Waals surface area contributed by atoms with Gasteiger partial charge in [0.15, 0.2) is 5.11 Å². The number of ether oxygens (including phenoxy) is 1. The van der Waals surface area contributed by atoms with E-state index in [4.69, 9.17) is 17.0 Å². The fourth-order valence-electron chi connectivity index (χ4n) is 4.73. The number of likely N-dealkylation sites (tertiary alicyclic amines) is 1. The van der Waals surface area contributed by atoms with Gasteiger partial charge in [-0.25, -0.2) is 0 Å². The molecule has 0 radical (unpaired) electrons. The Kier molecular flexibility index (Phi) is 8.36. The first-order valence-corrected chi connectivity index (χ1v) is 12.7. The Morgan fingerprint density at radius 2 is 1.71 bits per heavy atom. The highest BCUT2D eigenvalue weighted by Crippen LogP contribution is 2.28. The van der Waals surface area contributed by atoms with Gasteiger partial charge in [-0.3, -0.25) is 14.5 Å². The lowest BCUT2D eigenvalue weighted by Gasteiger charge is -2.28. The molecule has 4 rings (SSSR count). The van der Waals surface area contributed by atoms with Crippen LogP contribution >= 0.6 is 12.2 Å². The molecular weight excluding hydrogens is 460 g/mol. The van der Waals surface area contributed by atoms with Crippen molar-refractivity contribution in [1.82, 2.24) is 9.80 Å². The number of piperidine rings is 1. The van der Waals surface area contributed by atoms with Gasteiger partial charge < -0.3 is 19.9 Å². The number of carbonyl (C=O) groups excluding carboxylic acids is 2. The highest BCUT2D eigenvalue weighted by atomic mass is 32.1. The monoisotopic (exact) mass is 494 g/mol. The molecule has 2 saturated heterocycles. The molecule has 2 amide bonds. The Hall–Kier alpha value is -2.97. The van der Waals surface area contributed by atoms with Crippen molar-refractivity contribution < 1.29 is 14.3 Å². The average molecular weight is 495 g/mol. The molecule has 2 fully saturated rings. The zero-order valence-electron chi connectivity index (χ0n) is 20.5. The van der Waals surface area contributed by atoms with E-state index in [1.54, 1.807) is 36.3 Å². The minimum absolute atomic E-state index is 0.0388. The van der Waals surface area contributed by atoms with Gasteiger partial charge in [-0.15, -0.1) is 0 Å². The number of nitrogens with zero attached hydrogens (tertiary/aromatic N) is 3. The van der Waals surface area contributed by atoms with Crippen molar-refractivity contribution in [3.8, 4) is 5.75 Å². The molecule has 2 heterocycles. The number of thiocarbonyl (C=S) groups is 1. The normalized spacial score (nSPS) is 18.7. The fourth-order valence-corrected chi connectivity index (χ4v) is 5.14. The Labute approximate surface area is 213 Å². The molecule has 0 aliphatic carbocycles. The van der Waals surface area contributed by atoms with Crippen molar-refractivity contribution in [2.45, 2.75) is 45.1 Å². The second kappa shape index (κ2) is 11.6. The maximum atomic E-state index is 13.5. The molecule has 2 aliphatic rings. The van der Waals surface area contributed by atoms with Gasteiger partial charge in [-0.05, 0) is 94.4 Å². The third-order valence-electron chi connectivity index (χ3n) is 6.69. The number of methoxy groups -OCH3 is 1. The topological polar surface area (TPSA) is 65.1 Å². The lowest BCUT2D eigenvalue weighted by atomic mass is 10.1. The van der Waals surface area contributed by atoms with E-state index in [1.165, 1.54) is 19.3 Å². The van der Waals surface area contributed by atoms with Crippen LogP contribution in [0.5, 0.6) is 5.75 Å². The van der Waals surface area contributed by atoms with Crippen LogP contribution in [-0.4, -0.2) is 66.1 Å². The largest absolute Gasteiger partial charge is 0.497 e. The molecule has 35 heavy (non-hydrogen) atoms. The Balaban J connectivity index is 1.46. The summed E-state index contributed by atoms with van der Waals surface area (Å²) < 4.78 is 5.18. The van der Waals surface area contributed by atoms with Crippen LogP contribution in [0.3, 0.4) is 0 Å². The molecule has 2 aliphatic heterocycles. The SMILES string of the molecule is COc1ccc(NC(=O)CC2C(=O)N(c3ccc(C)cc3)C(=S)N2CCCN2CCCCC2)cc1. The lowest BCUT2D eigenvalue weighted by molar-refractivity contribution is -0.124. The van der Waals surface area contributed by atoms with E-state index in [2.05, 4.69) is 10.2 Å². The molecule has 7 nitrogen and oxygen atoms in total. The lowest BCUT2D eigenvalue weighted by Crippen LogP contribution is -2.40. The number of hydrogen-bond acceptors (Lipinski definition) is 5. The van der Waals surface area contributed by atoms with Gasteiger partial charge in [0, 0.05) is 12.2 Å². The first-order chi connectivity index (χ1) is 17.0. The molecule has 1 atom stereocenters. The van der Waals surface area contributed by atoms with Crippen LogP contribution in [0.15, 0.2) is 48.5 Å². The van der Waals surface area contributed by atoms with Crippen LogP contribution in [0.4, 0.5) is 11.4 Å². The molecule has 1 N–H and O–H groups in total. The smallest absolute Gasteiger partial charge is 0.256 e. The summed E-state index contributed by atoms with van der Waals surface area (Å²) >= 11 is 5.78. The van der Waals surface area contributed by atoms with Crippen LogP contribution in [-0.2, 0) is 9.59 Å². The molecule has 2 aromatic carbocycles. The quantitative estimate of drug-likeness (QED) is 0.527. The van der Waals surface area contributed by atoms with E-state index in [0.29, 0.717) is 23.1 Å². The summed E-state index contributed by atoms with van der Waals surface area (Å²) in [6, 6.07) is 14.3. The van der Waals surface area contributed by atoms with Gasteiger partial charge in [0.05, 0.1) is 19.2 Å². The summed E-state index contributed by atoms with van der Waals surface area (Å²) in [5.41, 5.74) is 2.51. The third-order valence-corrected chi connectivity index (χ3v) is 7.10. The van der Waals surface area contributed by atoms with Crippen molar-refractivity contribution in [2.75, 3.05) is 43.5 Å². The highest BCUT2D eigenvalue weighted by molar-refractivity contribution is 7.80. The second-order valence-electron chi connectivity index (χ2n) is 9.24. The summed E-state index contributed by atoms with van der Waals surface area (Å²) in [4.78, 5) is 32.5. The van der Waals surface area contributed by atoms with E-state index < -0.39 is 6.04 Å². The van der Waals surface area contributed by atoms with Crippen molar-refractivity contribution in [3.63, 3.8) is 0 Å². The summed E-state index contributed by atoms with van der Waals surface area (Å²) in [6.45, 7) is 5.89. The molecule has 0 saturated carbocycles. The first-order valence-electron chi connectivity index (χ1n) is 12.3. The van der Waals surface area contributed by atoms with Crippen molar-refractivity contribution in [2.24, 2.45) is 0 Å². The number of hydrogen-bond donors (Lipinski definition) is 1. The Bertz CT molecular complexity index is 1040. The maximum Gasteiger partial charge on any atom is 0.256 e. The zero-order valence-corrected chi connectivity index (χ0v) is 21.4. The first kappa shape index (κ1) is 25.1. The molecule has 8 heteroatoms. The molecule has 2 aromatic rings. The number of rotatable bonds is 9. The van der Waals surface area contributed by atoms with Gasteiger partial charge >= 0.3 is 0 Å². The number of aryl methyl sites for hydroxylation is 1. The predicted molar refractivity (Wildman–Crippen MR) is 143 cm³/mol. The minimum Gasteiger partial charge on any atom is -0.497 e. The zero-order chi connectivity index (χ0) is 24.8. The molecule has 186 valence electrons. The van der Waals surface area contributed by atoms with Crippen LogP contribution in [0, 0.1) is 6.92 Å². The van der Waals surface area contributed by atoms with Crippen LogP contribution in [0.1, 0.15) is 37.7 Å². The van der Waals surface area contributed by atoms with Gasteiger partial charge in [0.2, 0.25) is 5.91 Å². The Morgan fingerprint density at radius 3 is 2.37 bits per heavy atom. The van der Waals surface area contributed by atoms with E-state index in [0.717, 1.165) is 37.3 Å². The maximum absolute atomic E-state index is 13.5. The Morgan fingerprint density at radius 1 is 1.03 bits per heavy atom. The summed E-state index contributed by atoms with van der Waals surface area (Å²) in [6.07, 6.45) is 4.73. The number of benzene rings is 2. The van der Waals surface area contributed by atoms with Gasteiger partial charge in [0.1, 0.15) is 11.8 Å². The van der Waals surface area contributed by atoms with E-state index in [9.17, 15) is 9.59 Å². The minimum atomic E-state index is -0.622. The molecule has 0 bridgehead atoms. The third kappa shape index (κ3) is 6.18. The summed E-state index contributed by atoms with van der Waals surface area (Å²) in [7, 11) is 1.60.